The molecule has 0 fully saturated rings. The Kier molecular flexibility index (Phi) is 3.29. The van der Waals surface area contributed by atoms with Gasteiger partial charge in [-0.2, -0.15) is 5.10 Å². The highest BCUT2D eigenvalue weighted by Gasteiger charge is 1.87. The highest BCUT2D eigenvalue weighted by Crippen LogP contribution is 2.08. The third-order valence-corrected chi connectivity index (χ3v) is 1.80. The van der Waals surface area contributed by atoms with Crippen molar-refractivity contribution in [2.45, 2.75) is 0 Å². The van der Waals surface area contributed by atoms with Crippen LogP contribution < -0.4 is 0 Å². The van der Waals surface area contributed by atoms with Crippen LogP contribution in [-0.2, 0) is 0 Å². The van der Waals surface area contributed by atoms with Gasteiger partial charge < -0.3 is 0 Å². The van der Waals surface area contributed by atoms with Gasteiger partial charge in [0.05, 0.1) is 13.3 Å². The van der Waals surface area contributed by atoms with Gasteiger partial charge >= 0.3 is 0 Å². The molecule has 0 bridgehead atoms. The first-order valence-corrected chi connectivity index (χ1v) is 4.31. The van der Waals surface area contributed by atoms with Gasteiger partial charge in [-0.05, 0) is 17.7 Å². The molecular weight excluding hydrogens is 216 g/mol. The maximum absolute atomic E-state index is 4.01. The molecule has 2 nitrogen and oxygen atoms in total. The van der Waals surface area contributed by atoms with Crippen molar-refractivity contribution in [2.24, 2.45) is 5.10 Å². The summed E-state index contributed by atoms with van der Waals surface area (Å²) in [5.74, 6) is 0. The third kappa shape index (κ3) is 3.05. The van der Waals surface area contributed by atoms with Crippen molar-refractivity contribution >= 4 is 22.1 Å². The largest absolute Gasteiger partial charge is 0.298 e. The maximum Gasteiger partial charge on any atom is 0.0549 e. The molecule has 0 heterocycles. The second kappa shape index (κ2) is 4.26. The van der Waals surface area contributed by atoms with E-state index in [0.29, 0.717) is 0 Å². The van der Waals surface area contributed by atoms with E-state index in [4.69, 9.17) is 0 Å². The Hall–Kier alpha value is -0.830. The monoisotopic (exact) mass is 225 g/mol. The summed E-state index contributed by atoms with van der Waals surface area (Å²) in [6.45, 7) is 0. The van der Waals surface area contributed by atoms with E-state index in [0.717, 1.165) is 10.0 Å². The molecule has 1 rings (SSSR count). The van der Waals surface area contributed by atoms with Crippen LogP contribution in [-0.4, -0.2) is 18.3 Å². The van der Waals surface area contributed by atoms with Gasteiger partial charge in [-0.15, -0.1) is 0 Å². The Morgan fingerprint density at radius 2 is 2.00 bits per heavy atom. The minimum atomic E-state index is 1.06. The van der Waals surface area contributed by atoms with Gasteiger partial charge in [-0.25, -0.2) is 0 Å². The zero-order chi connectivity index (χ0) is 8.97. The standard InChI is InChI=1S/C9H10BrN2/c1-12(2)11-7-8-3-5-9(10)6-4-8/h3-7H,1H2,2H3/b11-7+. The molecule has 0 aliphatic heterocycles. The number of halogens is 1. The number of hydrazone groups is 1. The molecule has 12 heavy (non-hydrogen) atoms. The lowest BCUT2D eigenvalue weighted by Crippen LogP contribution is -1.98. The van der Waals surface area contributed by atoms with Crippen LogP contribution in [0, 0.1) is 7.05 Å². The summed E-state index contributed by atoms with van der Waals surface area (Å²) in [5.41, 5.74) is 1.06. The number of hydrogen-bond acceptors (Lipinski definition) is 2. The van der Waals surface area contributed by atoms with Crippen LogP contribution in [0.4, 0.5) is 0 Å². The first kappa shape index (κ1) is 9.26. The van der Waals surface area contributed by atoms with Crippen LogP contribution in [0.1, 0.15) is 5.56 Å². The molecule has 0 saturated carbocycles. The van der Waals surface area contributed by atoms with Crippen LogP contribution in [0.5, 0.6) is 0 Å². The van der Waals surface area contributed by atoms with E-state index in [-0.39, 0.29) is 0 Å². The van der Waals surface area contributed by atoms with Gasteiger partial charge in [0.15, 0.2) is 0 Å². The van der Waals surface area contributed by atoms with Gasteiger partial charge in [-0.3, -0.25) is 5.01 Å². The third-order valence-electron chi connectivity index (χ3n) is 1.27. The van der Waals surface area contributed by atoms with Crippen LogP contribution in [0.2, 0.25) is 0 Å². The predicted octanol–water partition coefficient (Wildman–Crippen LogP) is 2.51. The smallest absolute Gasteiger partial charge is 0.0549 e. The average molecular weight is 226 g/mol. The molecule has 0 aliphatic carbocycles. The van der Waals surface area contributed by atoms with Crippen LogP contribution in [0.15, 0.2) is 33.8 Å². The van der Waals surface area contributed by atoms with E-state index < -0.39 is 0 Å². The van der Waals surface area contributed by atoms with Gasteiger partial charge in [-0.1, -0.05) is 28.1 Å². The molecular formula is C9H10BrN2. The first-order chi connectivity index (χ1) is 5.68. The quantitative estimate of drug-likeness (QED) is 0.558. The van der Waals surface area contributed by atoms with Crippen molar-refractivity contribution in [3.8, 4) is 0 Å². The van der Waals surface area contributed by atoms with Crippen molar-refractivity contribution in [2.75, 3.05) is 7.05 Å². The zero-order valence-electron chi connectivity index (χ0n) is 6.87. The molecule has 0 N–H and O–H groups in total. The summed E-state index contributed by atoms with van der Waals surface area (Å²) in [6, 6.07) is 7.92. The van der Waals surface area contributed by atoms with Crippen molar-refractivity contribution in [3.05, 3.63) is 41.3 Å². The highest BCUT2D eigenvalue weighted by molar-refractivity contribution is 9.10. The molecule has 0 aliphatic rings. The number of benzene rings is 1. The zero-order valence-corrected chi connectivity index (χ0v) is 8.45. The molecule has 0 unspecified atom stereocenters. The normalized spacial score (nSPS) is 10.6. The SMILES string of the molecule is [CH2]N(C)/N=C/c1ccc(Br)cc1. The molecule has 1 aromatic rings. The van der Waals surface area contributed by atoms with E-state index in [1.165, 1.54) is 5.01 Å². The van der Waals surface area contributed by atoms with E-state index in [1.54, 1.807) is 13.3 Å². The Morgan fingerprint density at radius 3 is 2.50 bits per heavy atom. The summed E-state index contributed by atoms with van der Waals surface area (Å²) >= 11 is 3.36. The number of hydrogen-bond donors (Lipinski definition) is 0. The number of nitrogens with zero attached hydrogens (tertiary/aromatic N) is 2. The highest BCUT2D eigenvalue weighted by atomic mass is 79.9. The maximum atomic E-state index is 4.01. The van der Waals surface area contributed by atoms with Crippen molar-refractivity contribution in [1.82, 2.24) is 5.01 Å². The molecule has 3 heteroatoms. The van der Waals surface area contributed by atoms with Crippen molar-refractivity contribution in [3.63, 3.8) is 0 Å². The van der Waals surface area contributed by atoms with Gasteiger partial charge in [0.25, 0.3) is 0 Å². The lowest BCUT2D eigenvalue weighted by Gasteiger charge is -2.01. The summed E-state index contributed by atoms with van der Waals surface area (Å²) in [5, 5.41) is 5.52. The average Bonchev–Trinajstić information content (AvgIpc) is 2.03. The summed E-state index contributed by atoms with van der Waals surface area (Å²) in [6.07, 6.45) is 1.76. The molecule has 0 amide bonds. The fraction of sp³-hybridized carbons (Fsp3) is 0.111. The Bertz CT molecular complexity index is 264. The first-order valence-electron chi connectivity index (χ1n) is 3.52. The fourth-order valence-corrected chi connectivity index (χ4v) is 0.978. The second-order valence-electron chi connectivity index (χ2n) is 2.45. The molecule has 0 saturated heterocycles. The molecule has 63 valence electrons. The Balaban J connectivity index is 2.71. The minimum absolute atomic E-state index is 1.06. The summed E-state index contributed by atoms with van der Waals surface area (Å²) < 4.78 is 1.07. The van der Waals surface area contributed by atoms with Crippen molar-refractivity contribution in [1.29, 1.82) is 0 Å². The van der Waals surface area contributed by atoms with Gasteiger partial charge in [0, 0.05) is 11.5 Å². The lowest BCUT2D eigenvalue weighted by atomic mass is 10.2. The van der Waals surface area contributed by atoms with Crippen LogP contribution in [0.3, 0.4) is 0 Å². The molecule has 1 radical (unpaired) electrons. The van der Waals surface area contributed by atoms with E-state index >= 15 is 0 Å². The van der Waals surface area contributed by atoms with E-state index in [9.17, 15) is 0 Å². The summed E-state index contributed by atoms with van der Waals surface area (Å²) in [7, 11) is 5.38. The van der Waals surface area contributed by atoms with E-state index in [2.05, 4.69) is 28.1 Å². The molecule has 0 aromatic heterocycles. The van der Waals surface area contributed by atoms with E-state index in [1.807, 2.05) is 24.3 Å². The molecule has 0 atom stereocenters. The van der Waals surface area contributed by atoms with Gasteiger partial charge in [0.1, 0.15) is 0 Å². The minimum Gasteiger partial charge on any atom is -0.298 e. The molecule has 1 aromatic carbocycles. The molecule has 0 spiro atoms. The lowest BCUT2D eigenvalue weighted by molar-refractivity contribution is 0.487. The fourth-order valence-electron chi connectivity index (χ4n) is 0.714. The number of rotatable bonds is 2. The van der Waals surface area contributed by atoms with Crippen LogP contribution >= 0.6 is 15.9 Å². The summed E-state index contributed by atoms with van der Waals surface area (Å²) in [4.78, 5) is 0. The second-order valence-corrected chi connectivity index (χ2v) is 3.37. The van der Waals surface area contributed by atoms with Crippen LogP contribution in [0.25, 0.3) is 0 Å². The predicted molar refractivity (Wildman–Crippen MR) is 54.9 cm³/mol. The van der Waals surface area contributed by atoms with Crippen molar-refractivity contribution < 1.29 is 0 Å². The Labute approximate surface area is 81.0 Å². The Morgan fingerprint density at radius 1 is 1.42 bits per heavy atom. The van der Waals surface area contributed by atoms with Gasteiger partial charge in [0.2, 0.25) is 0 Å². The topological polar surface area (TPSA) is 15.6 Å².